The summed E-state index contributed by atoms with van der Waals surface area (Å²) in [7, 11) is 0. The van der Waals surface area contributed by atoms with Crippen LogP contribution >= 0.6 is 0 Å². The second-order valence-electron chi connectivity index (χ2n) is 1.82. The smallest absolute Gasteiger partial charge is 0.217 e. The topological polar surface area (TPSA) is 63.3 Å². The Bertz CT molecular complexity index is 83.1. The number of aliphatic hydroxyl groups excluding tert-OH is 1. The van der Waals surface area contributed by atoms with Crippen molar-refractivity contribution < 1.29 is 9.90 Å². The van der Waals surface area contributed by atoms with Gasteiger partial charge in [0.2, 0.25) is 5.91 Å². The number of rotatable bonds is 5. The lowest BCUT2D eigenvalue weighted by Gasteiger charge is -1.92. The Morgan fingerprint density at radius 3 is 2.78 bits per heavy atom. The molecule has 3 heteroatoms. The zero-order valence-corrected chi connectivity index (χ0v) is 5.34. The Morgan fingerprint density at radius 2 is 2.33 bits per heavy atom. The summed E-state index contributed by atoms with van der Waals surface area (Å²) in [6, 6.07) is 0. The Hall–Kier alpha value is -0.570. The molecular formula is C6H12NO2. The standard InChI is InChI=1S/C6H12NO2/c7-6(9)4-2-1-3-5-8/h2,8H,1,3-5H2,(H2,7,9). The highest BCUT2D eigenvalue weighted by molar-refractivity contribution is 5.74. The Labute approximate surface area is 54.9 Å². The normalized spacial score (nSPS) is 9.44. The zero-order valence-electron chi connectivity index (χ0n) is 5.34. The third-order valence-corrected chi connectivity index (χ3v) is 0.912. The van der Waals surface area contributed by atoms with Gasteiger partial charge in [0, 0.05) is 13.0 Å². The second kappa shape index (κ2) is 5.56. The number of nitrogens with two attached hydrogens (primary N) is 1. The van der Waals surface area contributed by atoms with Crippen molar-refractivity contribution in [2.24, 2.45) is 5.73 Å². The van der Waals surface area contributed by atoms with E-state index in [2.05, 4.69) is 0 Å². The van der Waals surface area contributed by atoms with Gasteiger partial charge in [0.05, 0.1) is 0 Å². The molecule has 0 aromatic carbocycles. The first kappa shape index (κ1) is 8.43. The van der Waals surface area contributed by atoms with Crippen LogP contribution in [0.1, 0.15) is 19.3 Å². The van der Waals surface area contributed by atoms with Crippen molar-refractivity contribution in [3.05, 3.63) is 6.42 Å². The van der Waals surface area contributed by atoms with Crippen molar-refractivity contribution >= 4 is 5.91 Å². The van der Waals surface area contributed by atoms with Gasteiger partial charge in [0.1, 0.15) is 0 Å². The first-order valence-corrected chi connectivity index (χ1v) is 2.98. The van der Waals surface area contributed by atoms with Crippen LogP contribution in [0.4, 0.5) is 0 Å². The summed E-state index contributed by atoms with van der Waals surface area (Å²) in [5, 5.41) is 8.30. The second-order valence-corrected chi connectivity index (χ2v) is 1.82. The quantitative estimate of drug-likeness (QED) is 0.508. The maximum Gasteiger partial charge on any atom is 0.217 e. The average Bonchev–Trinajstić information content (AvgIpc) is 1.80. The van der Waals surface area contributed by atoms with Gasteiger partial charge in [-0.3, -0.25) is 4.79 Å². The van der Waals surface area contributed by atoms with Crippen LogP contribution in [0.25, 0.3) is 0 Å². The molecule has 0 aliphatic heterocycles. The van der Waals surface area contributed by atoms with E-state index in [4.69, 9.17) is 10.8 Å². The van der Waals surface area contributed by atoms with Crippen molar-refractivity contribution in [2.45, 2.75) is 19.3 Å². The molecule has 53 valence electrons. The van der Waals surface area contributed by atoms with E-state index in [0.29, 0.717) is 12.8 Å². The highest BCUT2D eigenvalue weighted by atomic mass is 16.2. The molecule has 3 N–H and O–H groups in total. The van der Waals surface area contributed by atoms with Crippen molar-refractivity contribution in [2.75, 3.05) is 6.61 Å². The minimum Gasteiger partial charge on any atom is -0.396 e. The number of hydrogen-bond acceptors (Lipinski definition) is 2. The van der Waals surface area contributed by atoms with E-state index >= 15 is 0 Å². The summed E-state index contributed by atoms with van der Waals surface area (Å²) in [6.07, 6.45) is 3.57. The molecule has 0 fully saturated rings. The molecule has 1 amide bonds. The Balaban J connectivity index is 2.83. The van der Waals surface area contributed by atoms with Crippen LogP contribution < -0.4 is 5.73 Å². The number of aliphatic hydroxyl groups is 1. The largest absolute Gasteiger partial charge is 0.396 e. The molecule has 0 bridgehead atoms. The third-order valence-electron chi connectivity index (χ3n) is 0.912. The molecule has 0 saturated heterocycles. The summed E-state index contributed by atoms with van der Waals surface area (Å²) in [5.74, 6) is -0.312. The van der Waals surface area contributed by atoms with Gasteiger partial charge in [0.15, 0.2) is 0 Å². The SMILES string of the molecule is NC(=O)C[CH]CCCO. The molecule has 0 aliphatic rings. The number of primary amides is 1. The number of carbonyl (C=O) groups excluding carboxylic acids is 1. The molecule has 0 saturated carbocycles. The lowest BCUT2D eigenvalue weighted by Crippen LogP contribution is -2.09. The third kappa shape index (κ3) is 7.43. The molecule has 0 heterocycles. The predicted octanol–water partition coefficient (Wildman–Crippen LogP) is -0.161. The first-order valence-electron chi connectivity index (χ1n) is 2.98. The van der Waals surface area contributed by atoms with Gasteiger partial charge in [-0.05, 0) is 19.3 Å². The van der Waals surface area contributed by atoms with E-state index < -0.39 is 0 Å². The molecular weight excluding hydrogens is 118 g/mol. The average molecular weight is 130 g/mol. The maximum absolute atomic E-state index is 10.1. The minimum absolute atomic E-state index is 0.176. The number of hydrogen-bond donors (Lipinski definition) is 2. The van der Waals surface area contributed by atoms with Crippen LogP contribution in [-0.4, -0.2) is 17.6 Å². The summed E-state index contributed by atoms with van der Waals surface area (Å²) in [5.41, 5.74) is 4.84. The van der Waals surface area contributed by atoms with Crippen LogP contribution in [0.5, 0.6) is 0 Å². The number of unbranched alkanes of at least 4 members (excludes halogenated alkanes) is 2. The van der Waals surface area contributed by atoms with Gasteiger partial charge in [0.25, 0.3) is 0 Å². The predicted molar refractivity (Wildman–Crippen MR) is 34.4 cm³/mol. The van der Waals surface area contributed by atoms with Crippen molar-refractivity contribution in [3.63, 3.8) is 0 Å². The summed E-state index contributed by atoms with van der Waals surface area (Å²) in [6.45, 7) is 0.176. The summed E-state index contributed by atoms with van der Waals surface area (Å²) < 4.78 is 0. The molecule has 0 aromatic rings. The molecule has 9 heavy (non-hydrogen) atoms. The van der Waals surface area contributed by atoms with Gasteiger partial charge < -0.3 is 10.8 Å². The van der Waals surface area contributed by atoms with Crippen molar-refractivity contribution in [3.8, 4) is 0 Å². The van der Waals surface area contributed by atoms with Crippen molar-refractivity contribution in [1.29, 1.82) is 0 Å². The number of amides is 1. The number of carbonyl (C=O) groups is 1. The van der Waals surface area contributed by atoms with Crippen LogP contribution in [0.15, 0.2) is 0 Å². The fourth-order valence-corrected chi connectivity index (χ4v) is 0.480. The van der Waals surface area contributed by atoms with Gasteiger partial charge in [-0.15, -0.1) is 0 Å². The van der Waals surface area contributed by atoms with E-state index in [0.717, 1.165) is 6.42 Å². The van der Waals surface area contributed by atoms with E-state index in [1.807, 2.05) is 0 Å². The fraction of sp³-hybridized carbons (Fsp3) is 0.667. The maximum atomic E-state index is 10.1. The van der Waals surface area contributed by atoms with Crippen LogP contribution in [-0.2, 0) is 4.79 Å². The van der Waals surface area contributed by atoms with Crippen molar-refractivity contribution in [1.82, 2.24) is 0 Å². The first-order chi connectivity index (χ1) is 4.27. The molecule has 0 rings (SSSR count). The monoisotopic (exact) mass is 130 g/mol. The minimum atomic E-state index is -0.312. The van der Waals surface area contributed by atoms with Crippen LogP contribution in [0, 0.1) is 6.42 Å². The Morgan fingerprint density at radius 1 is 1.67 bits per heavy atom. The molecule has 3 nitrogen and oxygen atoms in total. The zero-order chi connectivity index (χ0) is 7.11. The highest BCUT2D eigenvalue weighted by Crippen LogP contribution is 1.95. The van der Waals surface area contributed by atoms with Gasteiger partial charge in [-0.1, -0.05) is 0 Å². The molecule has 0 aromatic heterocycles. The van der Waals surface area contributed by atoms with Gasteiger partial charge >= 0.3 is 0 Å². The lowest BCUT2D eigenvalue weighted by molar-refractivity contribution is -0.117. The van der Waals surface area contributed by atoms with E-state index in [1.54, 1.807) is 6.42 Å². The lowest BCUT2D eigenvalue weighted by atomic mass is 10.2. The van der Waals surface area contributed by atoms with Gasteiger partial charge in [-0.25, -0.2) is 0 Å². The molecule has 0 spiro atoms. The fourth-order valence-electron chi connectivity index (χ4n) is 0.480. The van der Waals surface area contributed by atoms with Crippen LogP contribution in [0.2, 0.25) is 0 Å². The summed E-state index contributed by atoms with van der Waals surface area (Å²) >= 11 is 0. The molecule has 0 atom stereocenters. The molecule has 0 aliphatic carbocycles. The van der Waals surface area contributed by atoms with E-state index in [9.17, 15) is 4.79 Å². The van der Waals surface area contributed by atoms with E-state index in [1.165, 1.54) is 0 Å². The van der Waals surface area contributed by atoms with E-state index in [-0.39, 0.29) is 12.5 Å². The van der Waals surface area contributed by atoms with Gasteiger partial charge in [-0.2, -0.15) is 0 Å². The highest BCUT2D eigenvalue weighted by Gasteiger charge is 1.92. The Kier molecular flexibility index (Phi) is 5.21. The molecule has 0 unspecified atom stereocenters. The van der Waals surface area contributed by atoms with Crippen LogP contribution in [0.3, 0.4) is 0 Å². The summed E-state index contributed by atoms with van der Waals surface area (Å²) in [4.78, 5) is 10.1. The molecule has 1 radical (unpaired) electrons.